The van der Waals surface area contributed by atoms with Crippen LogP contribution in [-0.4, -0.2) is 22.3 Å². The van der Waals surface area contributed by atoms with E-state index in [4.69, 9.17) is 0 Å². The van der Waals surface area contributed by atoms with Gasteiger partial charge in [0, 0.05) is 19.3 Å². The van der Waals surface area contributed by atoms with Crippen LogP contribution in [0.3, 0.4) is 0 Å². The highest BCUT2D eigenvalue weighted by molar-refractivity contribution is 5.95. The lowest BCUT2D eigenvalue weighted by Crippen LogP contribution is -2.36. The number of amides is 1. The molecular formula is C21H17F2N3O. The van der Waals surface area contributed by atoms with E-state index in [1.54, 1.807) is 11.0 Å². The van der Waals surface area contributed by atoms with Crippen molar-refractivity contribution in [3.63, 3.8) is 0 Å². The molecule has 0 spiro atoms. The number of carbonyl (C=O) groups excluding carboxylic acids is 1. The molecular weight excluding hydrogens is 348 g/mol. The molecule has 2 heterocycles. The van der Waals surface area contributed by atoms with Gasteiger partial charge in [-0.25, -0.2) is 8.78 Å². The molecule has 1 aliphatic rings. The predicted molar refractivity (Wildman–Crippen MR) is 98.8 cm³/mol. The number of benzene rings is 2. The number of nitrogens with zero attached hydrogens (tertiary/aromatic N) is 2. The van der Waals surface area contributed by atoms with Crippen LogP contribution < -0.4 is 5.32 Å². The van der Waals surface area contributed by atoms with Crippen molar-refractivity contribution < 1.29 is 13.6 Å². The van der Waals surface area contributed by atoms with E-state index < -0.39 is 11.6 Å². The smallest absolute Gasteiger partial charge is 0.255 e. The van der Waals surface area contributed by atoms with Crippen LogP contribution in [0.1, 0.15) is 21.5 Å². The van der Waals surface area contributed by atoms with Crippen molar-refractivity contribution in [3.05, 3.63) is 89.2 Å². The average molecular weight is 365 g/mol. The van der Waals surface area contributed by atoms with Gasteiger partial charge in [0.15, 0.2) is 0 Å². The number of para-hydroxylation sites is 1. The summed E-state index contributed by atoms with van der Waals surface area (Å²) in [4.78, 5) is 18.7. The Bertz CT molecular complexity index is 986. The highest BCUT2D eigenvalue weighted by Gasteiger charge is 2.22. The average Bonchev–Trinajstić information content (AvgIpc) is 2.70. The van der Waals surface area contributed by atoms with Gasteiger partial charge in [-0.1, -0.05) is 30.3 Å². The Labute approximate surface area is 155 Å². The number of pyridine rings is 1. The van der Waals surface area contributed by atoms with E-state index >= 15 is 0 Å². The molecule has 0 unspecified atom stereocenters. The van der Waals surface area contributed by atoms with E-state index in [-0.39, 0.29) is 11.6 Å². The molecule has 1 N–H and O–H groups in total. The predicted octanol–water partition coefficient (Wildman–Crippen LogP) is 4.30. The second-order valence-corrected chi connectivity index (χ2v) is 6.43. The molecule has 0 atom stereocenters. The van der Waals surface area contributed by atoms with Crippen LogP contribution in [0.15, 0.2) is 60.9 Å². The zero-order valence-corrected chi connectivity index (χ0v) is 14.5. The second kappa shape index (κ2) is 7.15. The Hall–Kier alpha value is -3.28. The Morgan fingerprint density at radius 2 is 1.74 bits per heavy atom. The molecule has 3 aromatic rings. The van der Waals surface area contributed by atoms with E-state index in [0.717, 1.165) is 12.0 Å². The number of hydrogen-bond donors (Lipinski definition) is 1. The van der Waals surface area contributed by atoms with E-state index in [1.165, 1.54) is 36.2 Å². The zero-order chi connectivity index (χ0) is 18.8. The number of nitrogens with one attached hydrogen (secondary N) is 1. The van der Waals surface area contributed by atoms with E-state index in [1.807, 2.05) is 18.2 Å². The van der Waals surface area contributed by atoms with Gasteiger partial charge in [0.1, 0.15) is 17.3 Å². The van der Waals surface area contributed by atoms with Gasteiger partial charge in [-0.15, -0.1) is 0 Å². The molecule has 0 bridgehead atoms. The standard InChI is InChI=1S/C21H17F2N3O/c22-18-6-3-7-19(23)20(18)25-17-10-16(11-24-12-17)21(27)26-9-8-14-4-1-2-5-15(14)13-26/h1-7,10-12,25H,8-9,13H2. The maximum Gasteiger partial charge on any atom is 0.255 e. The van der Waals surface area contributed by atoms with Gasteiger partial charge in [0.2, 0.25) is 0 Å². The minimum atomic E-state index is -0.709. The van der Waals surface area contributed by atoms with Gasteiger partial charge < -0.3 is 10.2 Å². The van der Waals surface area contributed by atoms with Crippen LogP contribution in [0.25, 0.3) is 0 Å². The lowest BCUT2D eigenvalue weighted by Gasteiger charge is -2.29. The minimum Gasteiger partial charge on any atom is -0.349 e. The molecule has 136 valence electrons. The highest BCUT2D eigenvalue weighted by Crippen LogP contribution is 2.24. The van der Waals surface area contributed by atoms with Gasteiger partial charge in [-0.3, -0.25) is 9.78 Å². The molecule has 27 heavy (non-hydrogen) atoms. The Morgan fingerprint density at radius 1 is 1.00 bits per heavy atom. The third-order valence-corrected chi connectivity index (χ3v) is 4.64. The molecule has 6 heteroatoms. The first-order valence-electron chi connectivity index (χ1n) is 8.64. The fourth-order valence-corrected chi connectivity index (χ4v) is 3.24. The molecule has 4 nitrogen and oxygen atoms in total. The SMILES string of the molecule is O=C(c1cncc(Nc2c(F)cccc2F)c1)N1CCc2ccccc2C1. The summed E-state index contributed by atoms with van der Waals surface area (Å²) in [6, 6.07) is 13.2. The third-order valence-electron chi connectivity index (χ3n) is 4.64. The van der Waals surface area contributed by atoms with Gasteiger partial charge in [-0.05, 0) is 35.7 Å². The number of anilines is 2. The minimum absolute atomic E-state index is 0.158. The normalized spacial score (nSPS) is 13.2. The van der Waals surface area contributed by atoms with Crippen molar-refractivity contribution in [3.8, 4) is 0 Å². The molecule has 1 amide bonds. The number of aromatic nitrogens is 1. The van der Waals surface area contributed by atoms with Crippen LogP contribution in [0, 0.1) is 11.6 Å². The molecule has 1 aromatic heterocycles. The largest absolute Gasteiger partial charge is 0.349 e. The maximum atomic E-state index is 13.8. The van der Waals surface area contributed by atoms with Gasteiger partial charge in [0.05, 0.1) is 17.4 Å². The van der Waals surface area contributed by atoms with Crippen molar-refractivity contribution in [1.29, 1.82) is 0 Å². The second-order valence-electron chi connectivity index (χ2n) is 6.43. The highest BCUT2D eigenvalue weighted by atomic mass is 19.1. The van der Waals surface area contributed by atoms with E-state index in [2.05, 4.69) is 16.4 Å². The molecule has 0 aliphatic carbocycles. The first-order valence-corrected chi connectivity index (χ1v) is 8.64. The lowest BCUT2D eigenvalue weighted by atomic mass is 9.99. The summed E-state index contributed by atoms with van der Waals surface area (Å²) in [7, 11) is 0. The van der Waals surface area contributed by atoms with Crippen molar-refractivity contribution >= 4 is 17.3 Å². The van der Waals surface area contributed by atoms with Crippen molar-refractivity contribution in [2.24, 2.45) is 0 Å². The van der Waals surface area contributed by atoms with Crippen LogP contribution >= 0.6 is 0 Å². The number of halogens is 2. The van der Waals surface area contributed by atoms with Crippen LogP contribution in [0.2, 0.25) is 0 Å². The van der Waals surface area contributed by atoms with Gasteiger partial charge in [0.25, 0.3) is 5.91 Å². The number of rotatable bonds is 3. The van der Waals surface area contributed by atoms with Crippen molar-refractivity contribution in [2.75, 3.05) is 11.9 Å². The zero-order valence-electron chi connectivity index (χ0n) is 14.5. The van der Waals surface area contributed by atoms with Crippen LogP contribution in [-0.2, 0) is 13.0 Å². The molecule has 4 rings (SSSR count). The summed E-state index contributed by atoms with van der Waals surface area (Å²) < 4.78 is 27.7. The number of hydrogen-bond acceptors (Lipinski definition) is 3. The molecule has 2 aromatic carbocycles. The first-order chi connectivity index (χ1) is 13.1. The van der Waals surface area contributed by atoms with Crippen molar-refractivity contribution in [1.82, 2.24) is 9.88 Å². The summed E-state index contributed by atoms with van der Waals surface area (Å²) in [5.41, 5.74) is 2.84. The summed E-state index contributed by atoms with van der Waals surface area (Å²) in [5.74, 6) is -1.58. The quantitative estimate of drug-likeness (QED) is 0.753. The van der Waals surface area contributed by atoms with E-state index in [9.17, 15) is 13.6 Å². The van der Waals surface area contributed by atoms with Crippen molar-refractivity contribution in [2.45, 2.75) is 13.0 Å². The monoisotopic (exact) mass is 365 g/mol. The summed E-state index contributed by atoms with van der Waals surface area (Å²) in [6.07, 6.45) is 3.69. The molecule has 0 saturated heterocycles. The number of fused-ring (bicyclic) bond motifs is 1. The van der Waals surface area contributed by atoms with Gasteiger partial charge in [-0.2, -0.15) is 0 Å². The van der Waals surface area contributed by atoms with Gasteiger partial charge >= 0.3 is 0 Å². The molecule has 0 fully saturated rings. The molecule has 1 aliphatic heterocycles. The third kappa shape index (κ3) is 3.51. The Kier molecular flexibility index (Phi) is 4.54. The fourth-order valence-electron chi connectivity index (χ4n) is 3.24. The van der Waals surface area contributed by atoms with Crippen LogP contribution in [0.5, 0.6) is 0 Å². The van der Waals surface area contributed by atoms with Crippen LogP contribution in [0.4, 0.5) is 20.2 Å². The fraction of sp³-hybridized carbons (Fsp3) is 0.143. The summed E-state index contributed by atoms with van der Waals surface area (Å²) in [5, 5.41) is 2.67. The lowest BCUT2D eigenvalue weighted by molar-refractivity contribution is 0.0734. The summed E-state index contributed by atoms with van der Waals surface area (Å²) >= 11 is 0. The topological polar surface area (TPSA) is 45.2 Å². The van der Waals surface area contributed by atoms with E-state index in [0.29, 0.717) is 24.3 Å². The Morgan fingerprint density at radius 3 is 2.52 bits per heavy atom. The maximum absolute atomic E-state index is 13.8. The summed E-state index contributed by atoms with van der Waals surface area (Å²) in [6.45, 7) is 1.16. The first kappa shape index (κ1) is 17.1. The molecule has 0 saturated carbocycles. The number of carbonyl (C=O) groups is 1. The Balaban J connectivity index is 1.55. The molecule has 0 radical (unpaired) electrons.